The Kier molecular flexibility index (Phi) is 3.75. The van der Waals surface area contributed by atoms with Crippen LogP contribution in [0.25, 0.3) is 0 Å². The quantitative estimate of drug-likeness (QED) is 0.875. The first kappa shape index (κ1) is 13.8. The van der Waals surface area contributed by atoms with E-state index in [-0.39, 0.29) is 17.8 Å². The van der Waals surface area contributed by atoms with Gasteiger partial charge in [0, 0.05) is 17.8 Å². The predicted molar refractivity (Wildman–Crippen MR) is 76.0 cm³/mol. The van der Waals surface area contributed by atoms with Gasteiger partial charge in [0.25, 0.3) is 5.91 Å². The third kappa shape index (κ3) is 3.13. The van der Waals surface area contributed by atoms with E-state index >= 15 is 0 Å². The number of pyridine rings is 1. The molecule has 0 unspecified atom stereocenters. The Bertz CT molecular complexity index is 640. The number of hydrogen-bond acceptors (Lipinski definition) is 3. The highest BCUT2D eigenvalue weighted by atomic mass is 35.5. The summed E-state index contributed by atoms with van der Waals surface area (Å²) < 4.78 is 18.4. The Hall–Kier alpha value is -2.14. The van der Waals surface area contributed by atoms with Gasteiger partial charge in [0.05, 0.1) is 18.1 Å². The average molecular weight is 307 g/mol. The first-order chi connectivity index (χ1) is 10.1. The van der Waals surface area contributed by atoms with Crippen LogP contribution in [0, 0.1) is 5.82 Å². The molecule has 1 aromatic carbocycles. The molecule has 0 spiro atoms. The fraction of sp³-hybridized carbons (Fsp3) is 0.200. The summed E-state index contributed by atoms with van der Waals surface area (Å²) in [5, 5.41) is 0.545. The van der Waals surface area contributed by atoms with Gasteiger partial charge in [-0.2, -0.15) is 0 Å². The van der Waals surface area contributed by atoms with E-state index in [2.05, 4.69) is 4.98 Å². The second-order valence-corrected chi connectivity index (χ2v) is 5.21. The van der Waals surface area contributed by atoms with E-state index in [4.69, 9.17) is 16.3 Å². The zero-order valence-corrected chi connectivity index (χ0v) is 11.8. The van der Waals surface area contributed by atoms with Crippen molar-refractivity contribution in [2.24, 2.45) is 0 Å². The van der Waals surface area contributed by atoms with Gasteiger partial charge in [-0.05, 0) is 30.3 Å². The van der Waals surface area contributed by atoms with Gasteiger partial charge in [0.1, 0.15) is 11.9 Å². The number of halogens is 2. The van der Waals surface area contributed by atoms with Crippen molar-refractivity contribution in [1.29, 1.82) is 0 Å². The van der Waals surface area contributed by atoms with Crippen molar-refractivity contribution in [1.82, 2.24) is 9.88 Å². The van der Waals surface area contributed by atoms with E-state index in [1.165, 1.54) is 30.5 Å². The lowest BCUT2D eigenvalue weighted by Gasteiger charge is -2.38. The molecule has 6 heteroatoms. The van der Waals surface area contributed by atoms with Crippen LogP contribution in [0.3, 0.4) is 0 Å². The summed E-state index contributed by atoms with van der Waals surface area (Å²) in [6.07, 6.45) is 1.43. The minimum Gasteiger partial charge on any atom is -0.471 e. The van der Waals surface area contributed by atoms with Gasteiger partial charge in [-0.3, -0.25) is 4.79 Å². The second kappa shape index (κ2) is 5.69. The van der Waals surface area contributed by atoms with Crippen molar-refractivity contribution in [3.05, 3.63) is 59.0 Å². The van der Waals surface area contributed by atoms with Gasteiger partial charge in [0.2, 0.25) is 5.88 Å². The lowest BCUT2D eigenvalue weighted by molar-refractivity contribution is 0.0160. The summed E-state index contributed by atoms with van der Waals surface area (Å²) in [6, 6.07) is 8.90. The Morgan fingerprint density at radius 3 is 2.57 bits per heavy atom. The number of benzene rings is 1. The van der Waals surface area contributed by atoms with Gasteiger partial charge in [-0.1, -0.05) is 11.6 Å². The molecule has 0 saturated carbocycles. The predicted octanol–water partition coefficient (Wildman–Crippen LogP) is 2.78. The van der Waals surface area contributed by atoms with Crippen LogP contribution in [0.15, 0.2) is 42.6 Å². The second-order valence-electron chi connectivity index (χ2n) is 4.77. The van der Waals surface area contributed by atoms with E-state index in [0.29, 0.717) is 29.6 Å². The summed E-state index contributed by atoms with van der Waals surface area (Å²) in [5.41, 5.74) is 0.472. The van der Waals surface area contributed by atoms with Crippen LogP contribution >= 0.6 is 11.6 Å². The smallest absolute Gasteiger partial charge is 0.254 e. The van der Waals surface area contributed by atoms with Crippen molar-refractivity contribution in [2.75, 3.05) is 13.1 Å². The molecule has 0 N–H and O–H groups in total. The third-order valence-corrected chi connectivity index (χ3v) is 3.44. The molecular weight excluding hydrogens is 295 g/mol. The third-order valence-electron chi connectivity index (χ3n) is 3.21. The van der Waals surface area contributed by atoms with Gasteiger partial charge in [-0.15, -0.1) is 0 Å². The van der Waals surface area contributed by atoms with E-state index in [9.17, 15) is 9.18 Å². The molecule has 0 aliphatic carbocycles. The fourth-order valence-corrected chi connectivity index (χ4v) is 2.17. The Labute approximate surface area is 126 Å². The lowest BCUT2D eigenvalue weighted by atomic mass is 10.1. The fourth-order valence-electron chi connectivity index (χ4n) is 2.06. The molecule has 1 saturated heterocycles. The van der Waals surface area contributed by atoms with Crippen LogP contribution in [0.1, 0.15) is 10.4 Å². The number of likely N-dealkylation sites (tertiary alicyclic amines) is 1. The molecule has 2 aromatic rings. The highest BCUT2D eigenvalue weighted by Crippen LogP contribution is 2.19. The molecular formula is C15H12ClFN2O2. The minimum absolute atomic E-state index is 0.0805. The van der Waals surface area contributed by atoms with Crippen molar-refractivity contribution >= 4 is 17.5 Å². The van der Waals surface area contributed by atoms with E-state index in [1.807, 2.05) is 0 Å². The highest BCUT2D eigenvalue weighted by molar-refractivity contribution is 6.30. The molecule has 1 aliphatic rings. The van der Waals surface area contributed by atoms with Gasteiger partial charge in [-0.25, -0.2) is 9.37 Å². The molecule has 3 rings (SSSR count). The SMILES string of the molecule is O=C(c1ccc(F)cc1)N1CC(Oc2ccc(Cl)cn2)C1. The van der Waals surface area contributed by atoms with Crippen molar-refractivity contribution in [3.8, 4) is 5.88 Å². The molecule has 0 atom stereocenters. The van der Waals surface area contributed by atoms with Crippen LogP contribution in [0.5, 0.6) is 5.88 Å². The van der Waals surface area contributed by atoms with Crippen LogP contribution < -0.4 is 4.74 Å². The van der Waals surface area contributed by atoms with E-state index in [0.717, 1.165) is 0 Å². The van der Waals surface area contributed by atoms with Gasteiger partial charge >= 0.3 is 0 Å². The number of amides is 1. The largest absolute Gasteiger partial charge is 0.471 e. The number of ether oxygens (including phenoxy) is 1. The van der Waals surface area contributed by atoms with Crippen LogP contribution in [0.2, 0.25) is 5.02 Å². The summed E-state index contributed by atoms with van der Waals surface area (Å²) in [5.74, 6) is 0.00220. The first-order valence-electron chi connectivity index (χ1n) is 6.45. The molecule has 1 aliphatic heterocycles. The highest BCUT2D eigenvalue weighted by Gasteiger charge is 2.33. The summed E-state index contributed by atoms with van der Waals surface area (Å²) in [7, 11) is 0. The molecule has 0 radical (unpaired) electrons. The van der Waals surface area contributed by atoms with Crippen molar-refractivity contribution in [2.45, 2.75) is 6.10 Å². The number of rotatable bonds is 3. The van der Waals surface area contributed by atoms with Crippen LogP contribution in [0.4, 0.5) is 4.39 Å². The van der Waals surface area contributed by atoms with Crippen LogP contribution in [-0.4, -0.2) is 35.0 Å². The lowest BCUT2D eigenvalue weighted by Crippen LogP contribution is -2.56. The molecule has 21 heavy (non-hydrogen) atoms. The van der Waals surface area contributed by atoms with Gasteiger partial charge in [0.15, 0.2) is 0 Å². The number of nitrogens with zero attached hydrogens (tertiary/aromatic N) is 2. The molecule has 4 nitrogen and oxygen atoms in total. The van der Waals surface area contributed by atoms with E-state index < -0.39 is 0 Å². The summed E-state index contributed by atoms with van der Waals surface area (Å²) in [4.78, 5) is 17.8. The molecule has 1 amide bonds. The molecule has 0 bridgehead atoms. The topological polar surface area (TPSA) is 42.4 Å². The Morgan fingerprint density at radius 2 is 1.95 bits per heavy atom. The monoisotopic (exact) mass is 306 g/mol. The van der Waals surface area contributed by atoms with Gasteiger partial charge < -0.3 is 9.64 Å². The number of hydrogen-bond donors (Lipinski definition) is 0. The standard InChI is InChI=1S/C15H12ClFN2O2/c16-11-3-6-14(18-7-11)21-13-8-19(9-13)15(20)10-1-4-12(17)5-2-10/h1-7,13H,8-9H2. The number of aromatic nitrogens is 1. The summed E-state index contributed by atoms with van der Waals surface area (Å²) >= 11 is 5.74. The molecule has 1 aromatic heterocycles. The zero-order valence-electron chi connectivity index (χ0n) is 11.0. The molecule has 2 heterocycles. The maximum Gasteiger partial charge on any atom is 0.254 e. The molecule has 108 valence electrons. The number of carbonyl (C=O) groups excluding carboxylic acids is 1. The maximum atomic E-state index is 12.8. The average Bonchev–Trinajstić information content (AvgIpc) is 2.44. The van der Waals surface area contributed by atoms with Crippen LogP contribution in [-0.2, 0) is 0 Å². The number of carbonyl (C=O) groups is 1. The maximum absolute atomic E-state index is 12.8. The van der Waals surface area contributed by atoms with E-state index in [1.54, 1.807) is 17.0 Å². The van der Waals surface area contributed by atoms with Crippen molar-refractivity contribution in [3.63, 3.8) is 0 Å². The summed E-state index contributed by atoms with van der Waals surface area (Å²) in [6.45, 7) is 0.973. The molecule has 1 fully saturated rings. The Balaban J connectivity index is 1.54. The van der Waals surface area contributed by atoms with Crippen molar-refractivity contribution < 1.29 is 13.9 Å². The minimum atomic E-state index is -0.356. The normalized spacial score (nSPS) is 14.7. The zero-order chi connectivity index (χ0) is 14.8. The first-order valence-corrected chi connectivity index (χ1v) is 6.82. The Morgan fingerprint density at radius 1 is 1.24 bits per heavy atom.